The van der Waals surface area contributed by atoms with Gasteiger partial charge in [0, 0.05) is 18.0 Å². The van der Waals surface area contributed by atoms with Gasteiger partial charge in [0.25, 0.3) is 0 Å². The highest BCUT2D eigenvalue weighted by Gasteiger charge is 2.15. The van der Waals surface area contributed by atoms with E-state index in [0.717, 1.165) is 0 Å². The number of imidazole rings is 1. The van der Waals surface area contributed by atoms with Gasteiger partial charge in [-0.25, -0.2) is 15.0 Å². The van der Waals surface area contributed by atoms with E-state index in [4.69, 9.17) is 5.73 Å². The molecule has 0 aliphatic rings. The van der Waals surface area contributed by atoms with Crippen LogP contribution in [0.5, 0.6) is 0 Å². The fraction of sp³-hybridized carbons (Fsp3) is 0. The third kappa shape index (κ3) is 1.58. The van der Waals surface area contributed by atoms with Crippen LogP contribution in [0.4, 0.5) is 5.82 Å². The molecule has 0 spiro atoms. The standard InChI is InChI=1S/C11H8N6O/c12-9-7-10(15-5-14-7)17-11(16-9)8(18)6-2-1-3-13-4-6/h1-5H,(H3,12,14,15,16,17). The molecule has 3 aromatic heterocycles. The number of hydrogen-bond acceptors (Lipinski definition) is 6. The lowest BCUT2D eigenvalue weighted by atomic mass is 10.2. The highest BCUT2D eigenvalue weighted by atomic mass is 16.1. The van der Waals surface area contributed by atoms with Gasteiger partial charge in [-0.2, -0.15) is 0 Å². The van der Waals surface area contributed by atoms with E-state index in [2.05, 4.69) is 24.9 Å². The summed E-state index contributed by atoms with van der Waals surface area (Å²) in [4.78, 5) is 30.8. The van der Waals surface area contributed by atoms with E-state index in [1.807, 2.05) is 0 Å². The molecule has 18 heavy (non-hydrogen) atoms. The molecule has 0 unspecified atom stereocenters. The summed E-state index contributed by atoms with van der Waals surface area (Å²) < 4.78 is 0. The number of nitrogen functional groups attached to an aromatic ring is 1. The first kappa shape index (κ1) is 10.3. The lowest BCUT2D eigenvalue weighted by molar-refractivity contribution is 0.102. The number of rotatable bonds is 2. The van der Waals surface area contributed by atoms with Crippen LogP contribution >= 0.6 is 0 Å². The van der Waals surface area contributed by atoms with Crippen molar-refractivity contribution in [1.82, 2.24) is 24.9 Å². The number of nitrogens with zero attached hydrogens (tertiary/aromatic N) is 4. The number of fused-ring (bicyclic) bond motifs is 1. The molecule has 7 heteroatoms. The highest BCUT2D eigenvalue weighted by molar-refractivity contribution is 6.07. The van der Waals surface area contributed by atoms with Crippen molar-refractivity contribution < 1.29 is 4.79 Å². The topological polar surface area (TPSA) is 110 Å². The minimum absolute atomic E-state index is 0.0140. The Hall–Kier alpha value is -2.83. The van der Waals surface area contributed by atoms with E-state index in [-0.39, 0.29) is 17.4 Å². The summed E-state index contributed by atoms with van der Waals surface area (Å²) in [5.41, 5.74) is 7.03. The molecule has 3 aromatic rings. The Morgan fingerprint density at radius 3 is 3.00 bits per heavy atom. The summed E-state index contributed by atoms with van der Waals surface area (Å²) in [5.74, 6) is -0.121. The van der Waals surface area contributed by atoms with Crippen molar-refractivity contribution in [1.29, 1.82) is 0 Å². The van der Waals surface area contributed by atoms with Gasteiger partial charge in [0.2, 0.25) is 11.6 Å². The van der Waals surface area contributed by atoms with Gasteiger partial charge in [0.1, 0.15) is 5.52 Å². The number of aromatic amines is 1. The van der Waals surface area contributed by atoms with Crippen LogP contribution in [0.25, 0.3) is 11.2 Å². The third-order valence-corrected chi connectivity index (χ3v) is 2.44. The molecule has 0 aliphatic carbocycles. The first-order chi connectivity index (χ1) is 8.75. The summed E-state index contributed by atoms with van der Waals surface area (Å²) in [6.07, 6.45) is 4.49. The van der Waals surface area contributed by atoms with Crippen molar-refractivity contribution >= 4 is 22.8 Å². The molecule has 88 valence electrons. The number of carbonyl (C=O) groups is 1. The van der Waals surface area contributed by atoms with E-state index in [1.54, 1.807) is 18.3 Å². The SMILES string of the molecule is Nc1nc(C(=O)c2cccnc2)nc2nc[nH]c12. The second-order valence-electron chi connectivity index (χ2n) is 3.60. The number of H-pyrrole nitrogens is 1. The number of pyridine rings is 1. The maximum absolute atomic E-state index is 12.1. The zero-order chi connectivity index (χ0) is 12.5. The van der Waals surface area contributed by atoms with Gasteiger partial charge in [-0.3, -0.25) is 9.78 Å². The normalized spacial score (nSPS) is 10.7. The summed E-state index contributed by atoms with van der Waals surface area (Å²) in [5, 5.41) is 0. The molecule has 0 amide bonds. The lowest BCUT2D eigenvalue weighted by Crippen LogP contribution is -2.09. The molecule has 0 saturated heterocycles. The van der Waals surface area contributed by atoms with Gasteiger partial charge in [0.05, 0.1) is 6.33 Å². The molecule has 0 radical (unpaired) electrons. The van der Waals surface area contributed by atoms with E-state index >= 15 is 0 Å². The minimum Gasteiger partial charge on any atom is -0.382 e. The zero-order valence-electron chi connectivity index (χ0n) is 9.16. The van der Waals surface area contributed by atoms with Crippen molar-refractivity contribution in [3.05, 3.63) is 42.2 Å². The Kier molecular flexibility index (Phi) is 2.23. The third-order valence-electron chi connectivity index (χ3n) is 2.44. The molecule has 0 atom stereocenters. The molecule has 3 heterocycles. The minimum atomic E-state index is -0.334. The van der Waals surface area contributed by atoms with Crippen LogP contribution in [0.2, 0.25) is 0 Å². The van der Waals surface area contributed by atoms with Gasteiger partial charge < -0.3 is 10.7 Å². The van der Waals surface area contributed by atoms with Gasteiger partial charge in [0.15, 0.2) is 11.5 Å². The molecule has 3 N–H and O–H groups in total. The van der Waals surface area contributed by atoms with Crippen LogP contribution in [-0.2, 0) is 0 Å². The van der Waals surface area contributed by atoms with Gasteiger partial charge in [-0.05, 0) is 12.1 Å². The van der Waals surface area contributed by atoms with Crippen LogP contribution in [0, 0.1) is 0 Å². The molecule has 0 bridgehead atoms. The predicted molar refractivity (Wildman–Crippen MR) is 63.8 cm³/mol. The van der Waals surface area contributed by atoms with Crippen molar-refractivity contribution in [3.8, 4) is 0 Å². The monoisotopic (exact) mass is 240 g/mol. The Morgan fingerprint density at radius 2 is 2.22 bits per heavy atom. The average Bonchev–Trinajstić information content (AvgIpc) is 2.88. The van der Waals surface area contributed by atoms with E-state index in [1.165, 1.54) is 12.5 Å². The molecule has 3 rings (SSSR count). The van der Waals surface area contributed by atoms with Crippen molar-refractivity contribution in [2.24, 2.45) is 0 Å². The summed E-state index contributed by atoms with van der Waals surface area (Å²) >= 11 is 0. The summed E-state index contributed by atoms with van der Waals surface area (Å²) in [6, 6.07) is 3.31. The molecular formula is C11H8N6O. The first-order valence-corrected chi connectivity index (χ1v) is 5.17. The van der Waals surface area contributed by atoms with Gasteiger partial charge in [-0.1, -0.05) is 0 Å². The fourth-order valence-electron chi connectivity index (χ4n) is 1.58. The predicted octanol–water partition coefficient (Wildman–Crippen LogP) is 0.561. The number of nitrogens with one attached hydrogen (secondary N) is 1. The lowest BCUT2D eigenvalue weighted by Gasteiger charge is -2.00. The van der Waals surface area contributed by atoms with Crippen LogP contribution in [-0.4, -0.2) is 30.7 Å². The molecule has 0 aromatic carbocycles. The largest absolute Gasteiger partial charge is 0.382 e. The quantitative estimate of drug-likeness (QED) is 0.633. The Balaban J connectivity index is 2.12. The molecule has 0 fully saturated rings. The maximum atomic E-state index is 12.1. The molecule has 0 aliphatic heterocycles. The smallest absolute Gasteiger partial charge is 0.231 e. The summed E-state index contributed by atoms with van der Waals surface area (Å²) in [7, 11) is 0. The number of ketones is 1. The molecule has 0 saturated carbocycles. The first-order valence-electron chi connectivity index (χ1n) is 5.17. The number of nitrogens with two attached hydrogens (primary N) is 1. The van der Waals surface area contributed by atoms with Crippen molar-refractivity contribution in [2.75, 3.05) is 5.73 Å². The molecule has 7 nitrogen and oxygen atoms in total. The summed E-state index contributed by atoms with van der Waals surface area (Å²) in [6.45, 7) is 0. The van der Waals surface area contributed by atoms with Crippen molar-refractivity contribution in [3.63, 3.8) is 0 Å². The second-order valence-corrected chi connectivity index (χ2v) is 3.60. The van der Waals surface area contributed by atoms with E-state index in [9.17, 15) is 4.79 Å². The zero-order valence-corrected chi connectivity index (χ0v) is 9.16. The number of hydrogen-bond donors (Lipinski definition) is 2. The number of anilines is 1. The van der Waals surface area contributed by atoms with Crippen LogP contribution < -0.4 is 5.73 Å². The molecular weight excluding hydrogens is 232 g/mol. The Morgan fingerprint density at radius 1 is 1.33 bits per heavy atom. The number of carbonyl (C=O) groups excluding carboxylic acids is 1. The van der Waals surface area contributed by atoms with Crippen LogP contribution in [0.15, 0.2) is 30.9 Å². The Labute approximate surface area is 101 Å². The van der Waals surface area contributed by atoms with E-state index in [0.29, 0.717) is 16.7 Å². The van der Waals surface area contributed by atoms with Crippen LogP contribution in [0.1, 0.15) is 16.2 Å². The fourth-order valence-corrected chi connectivity index (χ4v) is 1.58. The number of aromatic nitrogens is 5. The van der Waals surface area contributed by atoms with Gasteiger partial charge in [-0.15, -0.1) is 0 Å². The van der Waals surface area contributed by atoms with E-state index < -0.39 is 0 Å². The highest BCUT2D eigenvalue weighted by Crippen LogP contribution is 2.14. The second kappa shape index (κ2) is 3.88. The van der Waals surface area contributed by atoms with Gasteiger partial charge >= 0.3 is 0 Å². The Bertz CT molecular complexity index is 721. The average molecular weight is 240 g/mol. The van der Waals surface area contributed by atoms with Crippen LogP contribution in [0.3, 0.4) is 0 Å². The van der Waals surface area contributed by atoms with Crippen molar-refractivity contribution in [2.45, 2.75) is 0 Å². The maximum Gasteiger partial charge on any atom is 0.231 e.